The summed E-state index contributed by atoms with van der Waals surface area (Å²) >= 11 is 17.8. The second kappa shape index (κ2) is 4.17. The van der Waals surface area contributed by atoms with E-state index >= 15 is 0 Å². The number of nitrogens with zero attached hydrogens (tertiary/aromatic N) is 2. The first-order chi connectivity index (χ1) is 7.49. The van der Waals surface area contributed by atoms with Crippen LogP contribution in [0.2, 0.25) is 15.1 Å². The van der Waals surface area contributed by atoms with Gasteiger partial charge in [-0.05, 0) is 19.1 Å². The molecule has 2 aromatic rings. The van der Waals surface area contributed by atoms with Crippen molar-refractivity contribution in [3.8, 4) is 5.69 Å². The van der Waals surface area contributed by atoms with Crippen LogP contribution in [-0.2, 0) is 0 Å². The summed E-state index contributed by atoms with van der Waals surface area (Å²) in [7, 11) is 0. The molecular weight excluding hydrogens is 268 g/mol. The molecule has 84 valence electrons. The van der Waals surface area contributed by atoms with Gasteiger partial charge in [0.2, 0.25) is 5.95 Å². The molecule has 0 aliphatic rings. The topological polar surface area (TPSA) is 43.8 Å². The van der Waals surface area contributed by atoms with E-state index in [9.17, 15) is 0 Å². The zero-order valence-electron chi connectivity index (χ0n) is 8.34. The van der Waals surface area contributed by atoms with Gasteiger partial charge in [0.05, 0.1) is 26.4 Å². The van der Waals surface area contributed by atoms with Gasteiger partial charge in [-0.25, -0.2) is 4.98 Å². The fourth-order valence-electron chi connectivity index (χ4n) is 1.41. The third-order valence-corrected chi connectivity index (χ3v) is 3.13. The monoisotopic (exact) mass is 275 g/mol. The molecule has 0 spiro atoms. The van der Waals surface area contributed by atoms with E-state index in [2.05, 4.69) is 4.98 Å². The van der Waals surface area contributed by atoms with E-state index in [1.807, 2.05) is 6.92 Å². The first-order valence-corrected chi connectivity index (χ1v) is 5.59. The van der Waals surface area contributed by atoms with Gasteiger partial charge in [-0.1, -0.05) is 34.8 Å². The molecule has 0 saturated carbocycles. The molecule has 0 unspecified atom stereocenters. The number of rotatable bonds is 1. The van der Waals surface area contributed by atoms with Gasteiger partial charge in [-0.3, -0.25) is 4.57 Å². The number of nitrogens with two attached hydrogens (primary N) is 1. The predicted octanol–water partition coefficient (Wildman–Crippen LogP) is 3.72. The normalized spacial score (nSPS) is 10.8. The molecule has 1 aromatic carbocycles. The lowest BCUT2D eigenvalue weighted by molar-refractivity contribution is 1.07. The van der Waals surface area contributed by atoms with Crippen LogP contribution in [0, 0.1) is 6.92 Å². The Bertz CT molecular complexity index is 548. The van der Waals surface area contributed by atoms with Gasteiger partial charge in [0.25, 0.3) is 0 Å². The van der Waals surface area contributed by atoms with Crippen molar-refractivity contribution >= 4 is 40.8 Å². The molecule has 0 aliphatic heterocycles. The van der Waals surface area contributed by atoms with Gasteiger partial charge in [-0.2, -0.15) is 0 Å². The molecule has 6 heteroatoms. The Kier molecular flexibility index (Phi) is 3.02. The van der Waals surface area contributed by atoms with E-state index in [0.29, 0.717) is 26.7 Å². The van der Waals surface area contributed by atoms with E-state index in [4.69, 9.17) is 40.5 Å². The minimum Gasteiger partial charge on any atom is -0.369 e. The highest BCUT2D eigenvalue weighted by atomic mass is 35.5. The summed E-state index contributed by atoms with van der Waals surface area (Å²) in [6.45, 7) is 1.85. The van der Waals surface area contributed by atoms with Crippen molar-refractivity contribution in [2.75, 3.05) is 5.73 Å². The molecular formula is C10H8Cl3N3. The lowest BCUT2D eigenvalue weighted by atomic mass is 10.3. The Morgan fingerprint density at radius 1 is 1.12 bits per heavy atom. The zero-order chi connectivity index (χ0) is 11.9. The van der Waals surface area contributed by atoms with Crippen LogP contribution < -0.4 is 5.73 Å². The quantitative estimate of drug-likeness (QED) is 0.807. The van der Waals surface area contributed by atoms with E-state index in [1.165, 1.54) is 0 Å². The SMILES string of the molecule is Cc1cn(-c2cc(Cl)c(Cl)cc2Cl)c(N)n1. The molecule has 0 amide bonds. The summed E-state index contributed by atoms with van der Waals surface area (Å²) in [6, 6.07) is 3.24. The van der Waals surface area contributed by atoms with Crippen molar-refractivity contribution < 1.29 is 0 Å². The standard InChI is InChI=1S/C10H8Cl3N3/c1-5-4-16(10(14)15-5)9-3-7(12)6(11)2-8(9)13/h2-4H,1H3,(H2,14,15). The summed E-state index contributed by atoms with van der Waals surface area (Å²) in [5, 5.41) is 1.30. The molecule has 0 fully saturated rings. The molecule has 0 radical (unpaired) electrons. The van der Waals surface area contributed by atoms with Gasteiger partial charge >= 0.3 is 0 Å². The zero-order valence-corrected chi connectivity index (χ0v) is 10.6. The molecule has 0 aliphatic carbocycles. The molecule has 2 N–H and O–H groups in total. The Balaban J connectivity index is 2.64. The van der Waals surface area contributed by atoms with Gasteiger partial charge in [0.1, 0.15) is 0 Å². The van der Waals surface area contributed by atoms with Gasteiger partial charge in [0.15, 0.2) is 0 Å². The summed E-state index contributed by atoms with van der Waals surface area (Å²) in [4.78, 5) is 4.09. The molecule has 0 bridgehead atoms. The maximum Gasteiger partial charge on any atom is 0.205 e. The Morgan fingerprint density at radius 2 is 1.75 bits per heavy atom. The highest BCUT2D eigenvalue weighted by Gasteiger charge is 2.10. The third-order valence-electron chi connectivity index (χ3n) is 2.10. The number of nitrogen functional groups attached to an aromatic ring is 1. The summed E-state index contributed by atoms with van der Waals surface area (Å²) in [6.07, 6.45) is 1.78. The van der Waals surface area contributed by atoms with E-state index in [0.717, 1.165) is 5.69 Å². The number of aryl methyl sites for hydroxylation is 1. The highest BCUT2D eigenvalue weighted by molar-refractivity contribution is 6.43. The summed E-state index contributed by atoms with van der Waals surface area (Å²) in [5.74, 6) is 0.359. The van der Waals surface area contributed by atoms with Crippen molar-refractivity contribution in [3.05, 3.63) is 39.1 Å². The number of aromatic nitrogens is 2. The molecule has 1 aromatic heterocycles. The maximum atomic E-state index is 6.07. The van der Waals surface area contributed by atoms with Crippen LogP contribution in [0.4, 0.5) is 5.95 Å². The Hall–Kier alpha value is -0.900. The van der Waals surface area contributed by atoms with E-state index < -0.39 is 0 Å². The minimum absolute atomic E-state index is 0.359. The average molecular weight is 277 g/mol. The largest absolute Gasteiger partial charge is 0.369 e. The molecule has 16 heavy (non-hydrogen) atoms. The lowest BCUT2D eigenvalue weighted by Gasteiger charge is -2.08. The lowest BCUT2D eigenvalue weighted by Crippen LogP contribution is -2.00. The number of hydrogen-bond acceptors (Lipinski definition) is 2. The second-order valence-corrected chi connectivity index (χ2v) is 4.55. The maximum absolute atomic E-state index is 6.07. The van der Waals surface area contributed by atoms with E-state index in [-0.39, 0.29) is 0 Å². The third kappa shape index (κ3) is 1.98. The van der Waals surface area contributed by atoms with Gasteiger partial charge in [-0.15, -0.1) is 0 Å². The van der Waals surface area contributed by atoms with Crippen molar-refractivity contribution in [1.29, 1.82) is 0 Å². The fraction of sp³-hybridized carbons (Fsp3) is 0.100. The van der Waals surface area contributed by atoms with Crippen molar-refractivity contribution in [2.24, 2.45) is 0 Å². The Labute approximate surface area is 108 Å². The van der Waals surface area contributed by atoms with Gasteiger partial charge in [0, 0.05) is 6.20 Å². The van der Waals surface area contributed by atoms with Crippen LogP contribution >= 0.6 is 34.8 Å². The number of halogens is 3. The summed E-state index contributed by atoms with van der Waals surface area (Å²) in [5.41, 5.74) is 7.21. The molecule has 0 saturated heterocycles. The minimum atomic E-state index is 0.359. The first kappa shape index (κ1) is 11.6. The van der Waals surface area contributed by atoms with Gasteiger partial charge < -0.3 is 5.73 Å². The Morgan fingerprint density at radius 3 is 2.31 bits per heavy atom. The van der Waals surface area contributed by atoms with Crippen molar-refractivity contribution in [2.45, 2.75) is 6.92 Å². The highest BCUT2D eigenvalue weighted by Crippen LogP contribution is 2.32. The number of benzene rings is 1. The number of hydrogen-bond donors (Lipinski definition) is 1. The van der Waals surface area contributed by atoms with Crippen LogP contribution in [0.15, 0.2) is 18.3 Å². The number of anilines is 1. The van der Waals surface area contributed by atoms with Crippen LogP contribution in [0.3, 0.4) is 0 Å². The smallest absolute Gasteiger partial charge is 0.205 e. The van der Waals surface area contributed by atoms with Crippen LogP contribution in [0.1, 0.15) is 5.69 Å². The second-order valence-electron chi connectivity index (χ2n) is 3.33. The molecule has 2 rings (SSSR count). The van der Waals surface area contributed by atoms with Crippen LogP contribution in [0.5, 0.6) is 0 Å². The first-order valence-electron chi connectivity index (χ1n) is 4.45. The fourth-order valence-corrected chi connectivity index (χ4v) is 2.04. The number of imidazole rings is 1. The van der Waals surface area contributed by atoms with Crippen LogP contribution in [-0.4, -0.2) is 9.55 Å². The molecule has 3 nitrogen and oxygen atoms in total. The predicted molar refractivity (Wildman–Crippen MR) is 67.7 cm³/mol. The van der Waals surface area contributed by atoms with Crippen LogP contribution in [0.25, 0.3) is 5.69 Å². The van der Waals surface area contributed by atoms with E-state index in [1.54, 1.807) is 22.9 Å². The average Bonchev–Trinajstić information content (AvgIpc) is 2.51. The molecule has 1 heterocycles. The van der Waals surface area contributed by atoms with Crippen molar-refractivity contribution in [1.82, 2.24) is 9.55 Å². The summed E-state index contributed by atoms with van der Waals surface area (Å²) < 4.78 is 1.67. The van der Waals surface area contributed by atoms with Crippen molar-refractivity contribution in [3.63, 3.8) is 0 Å². The molecule has 0 atom stereocenters.